The van der Waals surface area contributed by atoms with Crippen molar-refractivity contribution in [1.82, 2.24) is 15.1 Å². The molecule has 0 saturated carbocycles. The number of likely N-dealkylation sites (N-methyl/N-ethyl adjacent to an activating group) is 1. The smallest absolute Gasteiger partial charge is 0.273 e. The van der Waals surface area contributed by atoms with Gasteiger partial charge in [-0.15, -0.1) is 0 Å². The van der Waals surface area contributed by atoms with Gasteiger partial charge in [-0.1, -0.05) is 15.9 Å². The summed E-state index contributed by atoms with van der Waals surface area (Å²) in [4.78, 5) is 15.4. The molecule has 1 aromatic carbocycles. The molecule has 7 heteroatoms. The van der Waals surface area contributed by atoms with Crippen molar-refractivity contribution in [3.63, 3.8) is 0 Å². The maximum atomic E-state index is 11.0. The van der Waals surface area contributed by atoms with Crippen molar-refractivity contribution >= 4 is 21.6 Å². The zero-order valence-corrected chi connectivity index (χ0v) is 13.8. The fourth-order valence-electron chi connectivity index (χ4n) is 2.41. The third kappa shape index (κ3) is 5.03. The van der Waals surface area contributed by atoms with Gasteiger partial charge in [-0.25, -0.2) is 0 Å². The summed E-state index contributed by atoms with van der Waals surface area (Å²) < 4.78 is 0.865. The lowest BCUT2D eigenvalue weighted by Crippen LogP contribution is -2.46. The van der Waals surface area contributed by atoms with Gasteiger partial charge >= 0.3 is 0 Å². The number of nitrogens with zero attached hydrogens (tertiary/aromatic N) is 3. The Kier molecular flexibility index (Phi) is 6.10. The van der Waals surface area contributed by atoms with Crippen LogP contribution in [0, 0.1) is 10.1 Å². The van der Waals surface area contributed by atoms with E-state index in [0.717, 1.165) is 43.7 Å². The van der Waals surface area contributed by atoms with Gasteiger partial charge < -0.3 is 10.2 Å². The van der Waals surface area contributed by atoms with E-state index in [0.29, 0.717) is 12.1 Å². The number of piperazine rings is 1. The maximum absolute atomic E-state index is 11.0. The Bertz CT molecular complexity index is 490. The number of rotatable bonds is 6. The van der Waals surface area contributed by atoms with Crippen LogP contribution in [0.25, 0.3) is 0 Å². The third-order valence-electron chi connectivity index (χ3n) is 3.75. The van der Waals surface area contributed by atoms with Crippen LogP contribution in [0.5, 0.6) is 0 Å². The van der Waals surface area contributed by atoms with E-state index in [1.165, 1.54) is 0 Å². The van der Waals surface area contributed by atoms with Crippen LogP contribution in [0.3, 0.4) is 0 Å². The average molecular weight is 357 g/mol. The molecule has 21 heavy (non-hydrogen) atoms. The third-order valence-corrected chi connectivity index (χ3v) is 4.25. The van der Waals surface area contributed by atoms with Crippen molar-refractivity contribution in [2.45, 2.75) is 6.54 Å². The molecule has 0 amide bonds. The minimum Gasteiger partial charge on any atom is -0.311 e. The zero-order valence-electron chi connectivity index (χ0n) is 12.2. The molecule has 0 radical (unpaired) electrons. The Labute approximate surface area is 133 Å². The van der Waals surface area contributed by atoms with E-state index in [1.54, 1.807) is 18.2 Å². The summed E-state index contributed by atoms with van der Waals surface area (Å²) in [6, 6.07) is 5.05. The second-order valence-corrected chi connectivity index (χ2v) is 6.27. The summed E-state index contributed by atoms with van der Waals surface area (Å²) >= 11 is 3.36. The number of benzene rings is 1. The van der Waals surface area contributed by atoms with Gasteiger partial charge in [0, 0.05) is 61.9 Å². The monoisotopic (exact) mass is 356 g/mol. The first-order chi connectivity index (χ1) is 10.1. The second-order valence-electron chi connectivity index (χ2n) is 5.35. The van der Waals surface area contributed by atoms with Crippen molar-refractivity contribution in [1.29, 1.82) is 0 Å². The number of nitrogens with one attached hydrogen (secondary N) is 1. The van der Waals surface area contributed by atoms with Gasteiger partial charge in [-0.2, -0.15) is 0 Å². The molecular weight excluding hydrogens is 336 g/mol. The first kappa shape index (κ1) is 16.4. The summed E-state index contributed by atoms with van der Waals surface area (Å²) in [6.45, 7) is 6.74. The Balaban J connectivity index is 1.78. The molecule has 116 valence electrons. The lowest BCUT2D eigenvalue weighted by Gasteiger charge is -2.32. The molecule has 0 atom stereocenters. The normalized spacial score (nSPS) is 17.0. The molecule has 0 unspecified atom stereocenters. The Morgan fingerprint density at radius 2 is 2.05 bits per heavy atom. The number of nitro benzene ring substituents is 1. The first-order valence-corrected chi connectivity index (χ1v) is 7.90. The van der Waals surface area contributed by atoms with Crippen molar-refractivity contribution in [3.8, 4) is 0 Å². The number of halogens is 1. The van der Waals surface area contributed by atoms with Gasteiger partial charge in [-0.05, 0) is 19.2 Å². The van der Waals surface area contributed by atoms with E-state index in [-0.39, 0.29) is 10.6 Å². The molecule has 0 aromatic heterocycles. The van der Waals surface area contributed by atoms with E-state index in [4.69, 9.17) is 0 Å². The number of hydrogen-bond acceptors (Lipinski definition) is 5. The quantitative estimate of drug-likeness (QED) is 0.477. The Morgan fingerprint density at radius 1 is 1.33 bits per heavy atom. The molecule has 1 aromatic rings. The highest BCUT2D eigenvalue weighted by Gasteiger charge is 2.15. The van der Waals surface area contributed by atoms with Crippen LogP contribution in [0.2, 0.25) is 0 Å². The van der Waals surface area contributed by atoms with Crippen molar-refractivity contribution in [3.05, 3.63) is 38.3 Å². The molecular formula is C14H21BrN4O2. The Morgan fingerprint density at radius 3 is 2.71 bits per heavy atom. The number of hydrogen-bond donors (Lipinski definition) is 1. The molecule has 1 aliphatic heterocycles. The first-order valence-electron chi connectivity index (χ1n) is 7.10. The van der Waals surface area contributed by atoms with E-state index < -0.39 is 0 Å². The second kappa shape index (κ2) is 7.84. The lowest BCUT2D eigenvalue weighted by molar-refractivity contribution is -0.385. The number of nitro groups is 1. The molecule has 1 saturated heterocycles. The van der Waals surface area contributed by atoms with Gasteiger partial charge in [-0.3, -0.25) is 15.0 Å². The van der Waals surface area contributed by atoms with Gasteiger partial charge in [0.2, 0.25) is 0 Å². The van der Waals surface area contributed by atoms with E-state index in [1.807, 2.05) is 0 Å². The molecule has 1 N–H and O–H groups in total. The van der Waals surface area contributed by atoms with E-state index in [9.17, 15) is 10.1 Å². The topological polar surface area (TPSA) is 61.6 Å². The largest absolute Gasteiger partial charge is 0.311 e. The standard InChI is InChI=1S/C14H21BrN4O2/c1-17-6-8-18(9-7-17)5-4-16-11-12-10-13(15)2-3-14(12)19(20)21/h2-3,10,16H,4-9,11H2,1H3. The minimum atomic E-state index is -0.329. The molecule has 0 spiro atoms. The van der Waals surface area contributed by atoms with Crippen molar-refractivity contribution in [2.24, 2.45) is 0 Å². The Hall–Kier alpha value is -1.02. The van der Waals surface area contributed by atoms with Crippen molar-refractivity contribution in [2.75, 3.05) is 46.3 Å². The highest BCUT2D eigenvalue weighted by atomic mass is 79.9. The van der Waals surface area contributed by atoms with Gasteiger partial charge in [0.1, 0.15) is 0 Å². The van der Waals surface area contributed by atoms with E-state index >= 15 is 0 Å². The fraction of sp³-hybridized carbons (Fsp3) is 0.571. The fourth-order valence-corrected chi connectivity index (χ4v) is 2.81. The highest BCUT2D eigenvalue weighted by Crippen LogP contribution is 2.22. The molecule has 1 fully saturated rings. The molecule has 1 heterocycles. The van der Waals surface area contributed by atoms with Gasteiger partial charge in [0.15, 0.2) is 0 Å². The predicted molar refractivity (Wildman–Crippen MR) is 86.4 cm³/mol. The lowest BCUT2D eigenvalue weighted by atomic mass is 10.2. The maximum Gasteiger partial charge on any atom is 0.273 e. The average Bonchev–Trinajstić information content (AvgIpc) is 2.45. The molecule has 0 aliphatic carbocycles. The van der Waals surface area contributed by atoms with E-state index in [2.05, 4.69) is 38.1 Å². The van der Waals surface area contributed by atoms with Crippen LogP contribution in [0.1, 0.15) is 5.56 Å². The minimum absolute atomic E-state index is 0.172. The van der Waals surface area contributed by atoms with Gasteiger partial charge in [0.25, 0.3) is 5.69 Å². The van der Waals surface area contributed by atoms with Crippen LogP contribution in [-0.2, 0) is 6.54 Å². The van der Waals surface area contributed by atoms with Crippen LogP contribution in [-0.4, -0.2) is 61.0 Å². The summed E-state index contributed by atoms with van der Waals surface area (Å²) in [5, 5.41) is 14.3. The summed E-state index contributed by atoms with van der Waals surface area (Å²) in [5.41, 5.74) is 0.887. The van der Waals surface area contributed by atoms with Crippen molar-refractivity contribution < 1.29 is 4.92 Å². The molecule has 1 aliphatic rings. The summed E-state index contributed by atoms with van der Waals surface area (Å²) in [5.74, 6) is 0. The van der Waals surface area contributed by atoms with Crippen LogP contribution in [0.4, 0.5) is 5.69 Å². The summed E-state index contributed by atoms with van der Waals surface area (Å²) in [6.07, 6.45) is 0. The molecule has 0 bridgehead atoms. The predicted octanol–water partition coefficient (Wildman–Crippen LogP) is 1.69. The van der Waals surface area contributed by atoms with Crippen LogP contribution in [0.15, 0.2) is 22.7 Å². The SMILES string of the molecule is CN1CCN(CCNCc2cc(Br)ccc2[N+](=O)[O-])CC1. The van der Waals surface area contributed by atoms with Crippen LogP contribution < -0.4 is 5.32 Å². The zero-order chi connectivity index (χ0) is 15.2. The highest BCUT2D eigenvalue weighted by molar-refractivity contribution is 9.10. The van der Waals surface area contributed by atoms with Gasteiger partial charge in [0.05, 0.1) is 4.92 Å². The summed E-state index contributed by atoms with van der Waals surface area (Å²) in [7, 11) is 2.14. The molecule has 2 rings (SSSR count). The van der Waals surface area contributed by atoms with Crippen LogP contribution >= 0.6 is 15.9 Å². The molecule has 6 nitrogen and oxygen atoms in total.